The molecule has 2 nitrogen and oxygen atoms in total. The molecule has 110 valence electrons. The number of hydrogen-bond donors (Lipinski definition) is 1. The molecule has 1 saturated heterocycles. The zero-order valence-corrected chi connectivity index (χ0v) is 13.8. The fraction of sp³-hybridized carbons (Fsp3) is 0.647. The van der Waals surface area contributed by atoms with E-state index in [1.54, 1.807) is 0 Å². The van der Waals surface area contributed by atoms with Crippen molar-refractivity contribution in [2.24, 2.45) is 0 Å². The van der Waals surface area contributed by atoms with Crippen LogP contribution in [-0.2, 0) is 4.74 Å². The van der Waals surface area contributed by atoms with Crippen LogP contribution >= 0.6 is 15.9 Å². The molecule has 20 heavy (non-hydrogen) atoms. The summed E-state index contributed by atoms with van der Waals surface area (Å²) in [5, 5.41) is 3.56. The molecule has 1 heterocycles. The quantitative estimate of drug-likeness (QED) is 0.833. The predicted octanol–water partition coefficient (Wildman–Crippen LogP) is 5.05. The maximum atomic E-state index is 6.40. The van der Waals surface area contributed by atoms with Gasteiger partial charge in [-0.1, -0.05) is 35.2 Å². The fourth-order valence-electron chi connectivity index (χ4n) is 3.65. The Morgan fingerprint density at radius 3 is 2.80 bits per heavy atom. The molecule has 1 aliphatic heterocycles. The molecule has 1 N–H and O–H groups in total. The van der Waals surface area contributed by atoms with E-state index in [0.717, 1.165) is 11.0 Å². The minimum atomic E-state index is 0.235. The summed E-state index contributed by atoms with van der Waals surface area (Å²) >= 11 is 3.51. The lowest BCUT2D eigenvalue weighted by Gasteiger charge is -2.33. The molecule has 1 aromatic carbocycles. The molecule has 3 heteroatoms. The summed E-state index contributed by atoms with van der Waals surface area (Å²) in [5.74, 6) is 0. The Morgan fingerprint density at radius 2 is 2.05 bits per heavy atom. The number of rotatable bonds is 3. The largest absolute Gasteiger partial charge is 0.382 e. The molecule has 2 fully saturated rings. The topological polar surface area (TPSA) is 21.3 Å². The Labute approximate surface area is 130 Å². The zero-order valence-electron chi connectivity index (χ0n) is 12.3. The smallest absolute Gasteiger partial charge is 0.0756 e. The van der Waals surface area contributed by atoms with Crippen molar-refractivity contribution in [3.63, 3.8) is 0 Å². The first kappa shape index (κ1) is 14.4. The molecule has 0 amide bonds. The third-order valence-corrected chi connectivity index (χ3v) is 5.31. The van der Waals surface area contributed by atoms with Gasteiger partial charge in [-0.05, 0) is 56.4 Å². The second-order valence-corrected chi connectivity index (χ2v) is 7.28. The molecule has 1 spiro atoms. The molecule has 2 aliphatic rings. The van der Waals surface area contributed by atoms with Gasteiger partial charge in [-0.15, -0.1) is 0 Å². The van der Waals surface area contributed by atoms with Crippen LogP contribution in [0.15, 0.2) is 22.7 Å². The number of hydrogen-bond acceptors (Lipinski definition) is 2. The van der Waals surface area contributed by atoms with E-state index in [-0.39, 0.29) is 5.60 Å². The van der Waals surface area contributed by atoms with E-state index < -0.39 is 0 Å². The van der Waals surface area contributed by atoms with Gasteiger partial charge in [0, 0.05) is 16.7 Å². The lowest BCUT2D eigenvalue weighted by molar-refractivity contribution is -0.0588. The predicted molar refractivity (Wildman–Crippen MR) is 87.3 cm³/mol. The maximum Gasteiger partial charge on any atom is 0.0756 e. The molecule has 0 bridgehead atoms. The van der Waals surface area contributed by atoms with Crippen LogP contribution < -0.4 is 5.32 Å². The average molecular weight is 338 g/mol. The van der Waals surface area contributed by atoms with Gasteiger partial charge in [0.2, 0.25) is 0 Å². The van der Waals surface area contributed by atoms with Crippen LogP contribution in [0.25, 0.3) is 0 Å². The van der Waals surface area contributed by atoms with E-state index in [0.29, 0.717) is 6.10 Å². The standard InChI is InChI=1S/C17H24BrNO/c1-13-11-14(18)5-6-16(13)19-12-15-7-10-17(20-15)8-3-2-4-9-17/h5-6,11,15,19H,2-4,7-10,12H2,1H3. The third kappa shape index (κ3) is 3.20. The van der Waals surface area contributed by atoms with Gasteiger partial charge in [-0.3, -0.25) is 0 Å². The summed E-state index contributed by atoms with van der Waals surface area (Å²) in [6.07, 6.45) is 9.52. The highest BCUT2D eigenvalue weighted by molar-refractivity contribution is 9.10. The summed E-state index contributed by atoms with van der Waals surface area (Å²) < 4.78 is 7.54. The van der Waals surface area contributed by atoms with Gasteiger partial charge in [0.15, 0.2) is 0 Å². The number of nitrogens with one attached hydrogen (secondary N) is 1. The van der Waals surface area contributed by atoms with Crippen molar-refractivity contribution >= 4 is 21.6 Å². The van der Waals surface area contributed by atoms with Crippen LogP contribution in [-0.4, -0.2) is 18.2 Å². The van der Waals surface area contributed by atoms with Crippen molar-refractivity contribution in [1.82, 2.24) is 0 Å². The molecular formula is C17H24BrNO. The molecule has 1 saturated carbocycles. The van der Waals surface area contributed by atoms with Crippen molar-refractivity contribution in [3.05, 3.63) is 28.2 Å². The number of ether oxygens (including phenoxy) is 1. The first-order chi connectivity index (χ1) is 9.67. The number of benzene rings is 1. The second-order valence-electron chi connectivity index (χ2n) is 6.36. The van der Waals surface area contributed by atoms with Crippen LogP contribution in [0.5, 0.6) is 0 Å². The van der Waals surface area contributed by atoms with E-state index in [2.05, 4.69) is 46.4 Å². The molecule has 1 unspecified atom stereocenters. The summed E-state index contributed by atoms with van der Waals surface area (Å²) in [7, 11) is 0. The van der Waals surface area contributed by atoms with Crippen molar-refractivity contribution < 1.29 is 4.74 Å². The van der Waals surface area contributed by atoms with Crippen molar-refractivity contribution in [2.45, 2.75) is 63.6 Å². The van der Waals surface area contributed by atoms with E-state index in [1.807, 2.05) is 0 Å². The van der Waals surface area contributed by atoms with Gasteiger partial charge in [0.25, 0.3) is 0 Å². The van der Waals surface area contributed by atoms with Crippen LogP contribution in [0.3, 0.4) is 0 Å². The van der Waals surface area contributed by atoms with E-state index in [1.165, 1.54) is 56.2 Å². The molecule has 0 radical (unpaired) electrons. The molecule has 1 aliphatic carbocycles. The van der Waals surface area contributed by atoms with Gasteiger partial charge in [0.05, 0.1) is 11.7 Å². The van der Waals surface area contributed by atoms with Crippen LogP contribution in [0.4, 0.5) is 5.69 Å². The van der Waals surface area contributed by atoms with Gasteiger partial charge in [0.1, 0.15) is 0 Å². The highest BCUT2D eigenvalue weighted by Crippen LogP contribution is 2.41. The maximum absolute atomic E-state index is 6.40. The van der Waals surface area contributed by atoms with Crippen LogP contribution in [0.2, 0.25) is 0 Å². The van der Waals surface area contributed by atoms with Gasteiger partial charge >= 0.3 is 0 Å². The summed E-state index contributed by atoms with van der Waals surface area (Å²) in [5.41, 5.74) is 2.74. The highest BCUT2D eigenvalue weighted by atomic mass is 79.9. The van der Waals surface area contributed by atoms with E-state index in [9.17, 15) is 0 Å². The third-order valence-electron chi connectivity index (χ3n) is 4.81. The molecular weight excluding hydrogens is 314 g/mol. The monoisotopic (exact) mass is 337 g/mol. The number of anilines is 1. The van der Waals surface area contributed by atoms with E-state index >= 15 is 0 Å². The SMILES string of the molecule is Cc1cc(Br)ccc1NCC1CCC2(CCCCC2)O1. The van der Waals surface area contributed by atoms with Crippen molar-refractivity contribution in [3.8, 4) is 0 Å². The van der Waals surface area contributed by atoms with Gasteiger partial charge in [-0.25, -0.2) is 0 Å². The van der Waals surface area contributed by atoms with Crippen molar-refractivity contribution in [1.29, 1.82) is 0 Å². The Morgan fingerprint density at radius 1 is 1.25 bits per heavy atom. The number of halogens is 1. The fourth-order valence-corrected chi connectivity index (χ4v) is 4.13. The summed E-state index contributed by atoms with van der Waals surface area (Å²) in [6.45, 7) is 3.08. The highest BCUT2D eigenvalue weighted by Gasteiger charge is 2.40. The average Bonchev–Trinajstić information content (AvgIpc) is 2.82. The first-order valence-corrected chi connectivity index (χ1v) is 8.64. The first-order valence-electron chi connectivity index (χ1n) is 7.85. The number of aryl methyl sites for hydroxylation is 1. The Bertz CT molecular complexity index is 468. The Hall–Kier alpha value is -0.540. The Kier molecular flexibility index (Phi) is 4.37. The molecule has 0 aromatic heterocycles. The van der Waals surface area contributed by atoms with Crippen LogP contribution in [0.1, 0.15) is 50.5 Å². The van der Waals surface area contributed by atoms with Gasteiger partial charge < -0.3 is 10.1 Å². The normalized spacial score (nSPS) is 25.0. The molecule has 1 atom stereocenters. The Balaban J connectivity index is 1.54. The van der Waals surface area contributed by atoms with E-state index in [4.69, 9.17) is 4.74 Å². The molecule has 1 aromatic rings. The zero-order chi connectivity index (χ0) is 14.0. The lowest BCUT2D eigenvalue weighted by atomic mass is 9.83. The lowest BCUT2D eigenvalue weighted by Crippen LogP contribution is -2.33. The minimum Gasteiger partial charge on any atom is -0.382 e. The summed E-state index contributed by atoms with van der Waals surface area (Å²) in [4.78, 5) is 0. The van der Waals surface area contributed by atoms with Crippen LogP contribution in [0, 0.1) is 6.92 Å². The second kappa shape index (κ2) is 6.07. The van der Waals surface area contributed by atoms with Crippen molar-refractivity contribution in [2.75, 3.05) is 11.9 Å². The van der Waals surface area contributed by atoms with Gasteiger partial charge in [-0.2, -0.15) is 0 Å². The minimum absolute atomic E-state index is 0.235. The molecule has 3 rings (SSSR count). The summed E-state index contributed by atoms with van der Waals surface area (Å²) in [6, 6.07) is 6.39.